The summed E-state index contributed by atoms with van der Waals surface area (Å²) in [5.74, 6) is -0.0104. The van der Waals surface area contributed by atoms with Gasteiger partial charge in [0.1, 0.15) is 0 Å². The van der Waals surface area contributed by atoms with Crippen LogP contribution in [0.15, 0.2) is 0 Å². The molecule has 0 rings (SSSR count). The van der Waals surface area contributed by atoms with Crippen molar-refractivity contribution in [2.24, 2.45) is 17.4 Å². The molecular weight excluding hydrogens is 240 g/mol. The molecule has 0 spiro atoms. The van der Waals surface area contributed by atoms with Crippen LogP contribution in [0.4, 0.5) is 4.79 Å². The summed E-state index contributed by atoms with van der Waals surface area (Å²) in [5.41, 5.74) is 10.3. The van der Waals surface area contributed by atoms with Crippen LogP contribution in [-0.2, 0) is 4.79 Å². The van der Waals surface area contributed by atoms with Gasteiger partial charge in [-0.25, -0.2) is 4.79 Å². The van der Waals surface area contributed by atoms with E-state index in [0.717, 1.165) is 6.54 Å². The fraction of sp³-hybridized carbons (Fsp3) is 0.700. The number of rotatable bonds is 7. The molecule has 0 aromatic carbocycles. The second kappa shape index (κ2) is 7.97. The summed E-state index contributed by atoms with van der Waals surface area (Å²) in [6.45, 7) is 5.53. The van der Waals surface area contributed by atoms with E-state index >= 15 is 0 Å². The topological polar surface area (TPSA) is 101 Å². The van der Waals surface area contributed by atoms with Gasteiger partial charge in [0.25, 0.3) is 0 Å². The molecule has 0 aliphatic carbocycles. The first-order chi connectivity index (χ1) is 7.81. The minimum atomic E-state index is -0.839. The largest absolute Gasteiger partial charge is 0.393 e. The van der Waals surface area contributed by atoms with Gasteiger partial charge in [-0.3, -0.25) is 15.0 Å². The molecule has 0 aromatic heterocycles. The third-order valence-corrected chi connectivity index (χ3v) is 2.13. The molecule has 0 aliphatic rings. The Morgan fingerprint density at radius 2 is 1.94 bits per heavy atom. The molecule has 5 N–H and O–H groups in total. The SMILES string of the molecule is CC(C)CN(CCC(N)=S)CC(=O)NC(N)=O. The summed E-state index contributed by atoms with van der Waals surface area (Å²) in [6.07, 6.45) is 0.548. The van der Waals surface area contributed by atoms with Crippen LogP contribution < -0.4 is 16.8 Å². The minimum Gasteiger partial charge on any atom is -0.393 e. The van der Waals surface area contributed by atoms with Crippen LogP contribution >= 0.6 is 12.2 Å². The Hall–Kier alpha value is -1.21. The van der Waals surface area contributed by atoms with Crippen molar-refractivity contribution in [3.63, 3.8) is 0 Å². The monoisotopic (exact) mass is 260 g/mol. The highest BCUT2D eigenvalue weighted by Crippen LogP contribution is 2.00. The molecular formula is C10H20N4O2S. The third kappa shape index (κ3) is 9.70. The quantitative estimate of drug-likeness (QED) is 0.551. The summed E-state index contributed by atoms with van der Waals surface area (Å²) < 4.78 is 0. The Morgan fingerprint density at radius 1 is 1.35 bits per heavy atom. The van der Waals surface area contributed by atoms with Crippen molar-refractivity contribution in [1.82, 2.24) is 10.2 Å². The molecule has 0 saturated heterocycles. The number of nitrogens with one attached hydrogen (secondary N) is 1. The van der Waals surface area contributed by atoms with E-state index < -0.39 is 11.9 Å². The molecule has 0 aliphatic heterocycles. The number of hydrogen-bond donors (Lipinski definition) is 3. The minimum absolute atomic E-state index is 0.115. The van der Waals surface area contributed by atoms with Crippen LogP contribution in [0.2, 0.25) is 0 Å². The second-order valence-corrected chi connectivity index (χ2v) is 4.78. The number of nitrogens with two attached hydrogens (primary N) is 2. The standard InChI is InChI=1S/C10H20N4O2S/c1-7(2)5-14(4-3-8(11)17)6-9(15)13-10(12)16/h7H,3-6H2,1-2H3,(H2,11,17)(H3,12,13,15,16). The zero-order valence-corrected chi connectivity index (χ0v) is 11.0. The smallest absolute Gasteiger partial charge is 0.318 e. The first kappa shape index (κ1) is 15.8. The molecule has 7 heteroatoms. The van der Waals surface area contributed by atoms with Crippen molar-refractivity contribution in [2.45, 2.75) is 20.3 Å². The van der Waals surface area contributed by atoms with Crippen LogP contribution in [-0.4, -0.2) is 41.5 Å². The van der Waals surface area contributed by atoms with Gasteiger partial charge < -0.3 is 11.5 Å². The van der Waals surface area contributed by atoms with Crippen LogP contribution in [0.25, 0.3) is 0 Å². The van der Waals surface area contributed by atoms with Crippen molar-refractivity contribution in [3.05, 3.63) is 0 Å². The highest BCUT2D eigenvalue weighted by atomic mass is 32.1. The first-order valence-corrected chi connectivity index (χ1v) is 5.82. The highest BCUT2D eigenvalue weighted by molar-refractivity contribution is 7.80. The van der Waals surface area contributed by atoms with Crippen molar-refractivity contribution in [2.75, 3.05) is 19.6 Å². The molecule has 0 atom stereocenters. The zero-order valence-electron chi connectivity index (χ0n) is 10.2. The molecule has 0 heterocycles. The van der Waals surface area contributed by atoms with E-state index in [1.54, 1.807) is 0 Å². The van der Waals surface area contributed by atoms with Crippen LogP contribution in [0, 0.1) is 5.92 Å². The maximum atomic E-state index is 11.4. The Bertz CT molecular complexity index is 294. The number of hydrogen-bond acceptors (Lipinski definition) is 4. The zero-order chi connectivity index (χ0) is 13.4. The number of carbonyl (C=O) groups is 2. The van der Waals surface area contributed by atoms with Gasteiger partial charge >= 0.3 is 6.03 Å². The summed E-state index contributed by atoms with van der Waals surface area (Å²) in [7, 11) is 0. The normalized spacial score (nSPS) is 10.6. The Labute approximate surface area is 107 Å². The fourth-order valence-electron chi connectivity index (χ4n) is 1.40. The number of amides is 3. The lowest BCUT2D eigenvalue weighted by Crippen LogP contribution is -2.44. The molecule has 6 nitrogen and oxygen atoms in total. The van der Waals surface area contributed by atoms with Gasteiger partial charge in [-0.05, 0) is 5.92 Å². The summed E-state index contributed by atoms with van der Waals surface area (Å²) in [4.78, 5) is 24.2. The molecule has 17 heavy (non-hydrogen) atoms. The molecule has 0 radical (unpaired) electrons. The van der Waals surface area contributed by atoms with Gasteiger partial charge in [0.2, 0.25) is 5.91 Å². The predicted octanol–water partition coefficient (Wildman–Crippen LogP) is -0.184. The number of thiocarbonyl (C=S) groups is 1. The number of imide groups is 1. The van der Waals surface area contributed by atoms with E-state index in [1.165, 1.54) is 0 Å². The van der Waals surface area contributed by atoms with E-state index in [1.807, 2.05) is 24.1 Å². The van der Waals surface area contributed by atoms with Crippen molar-refractivity contribution in [3.8, 4) is 0 Å². The summed E-state index contributed by atoms with van der Waals surface area (Å²) in [5, 5.41) is 2.03. The number of urea groups is 1. The lowest BCUT2D eigenvalue weighted by molar-refractivity contribution is -0.121. The Balaban J connectivity index is 4.21. The van der Waals surface area contributed by atoms with Gasteiger partial charge in [-0.1, -0.05) is 26.1 Å². The maximum absolute atomic E-state index is 11.4. The Kier molecular flexibility index (Phi) is 7.40. The van der Waals surface area contributed by atoms with Crippen molar-refractivity contribution >= 4 is 29.1 Å². The van der Waals surface area contributed by atoms with Gasteiger partial charge in [0.15, 0.2) is 0 Å². The van der Waals surface area contributed by atoms with Gasteiger partial charge in [-0.15, -0.1) is 0 Å². The van der Waals surface area contributed by atoms with E-state index in [9.17, 15) is 9.59 Å². The van der Waals surface area contributed by atoms with E-state index in [4.69, 9.17) is 23.7 Å². The lowest BCUT2D eigenvalue weighted by atomic mass is 10.2. The van der Waals surface area contributed by atoms with Crippen LogP contribution in [0.5, 0.6) is 0 Å². The average molecular weight is 260 g/mol. The number of carbonyl (C=O) groups excluding carboxylic acids is 2. The van der Waals surface area contributed by atoms with Crippen molar-refractivity contribution in [1.29, 1.82) is 0 Å². The van der Waals surface area contributed by atoms with Gasteiger partial charge in [0, 0.05) is 19.5 Å². The van der Waals surface area contributed by atoms with Gasteiger partial charge in [0.05, 0.1) is 11.5 Å². The average Bonchev–Trinajstić information content (AvgIpc) is 2.11. The number of nitrogens with zero attached hydrogens (tertiary/aromatic N) is 1. The Morgan fingerprint density at radius 3 is 2.35 bits per heavy atom. The predicted molar refractivity (Wildman–Crippen MR) is 70.4 cm³/mol. The molecule has 0 fully saturated rings. The van der Waals surface area contributed by atoms with Gasteiger partial charge in [-0.2, -0.15) is 0 Å². The third-order valence-electron chi connectivity index (χ3n) is 1.93. The fourth-order valence-corrected chi connectivity index (χ4v) is 1.49. The molecule has 98 valence electrons. The first-order valence-electron chi connectivity index (χ1n) is 5.41. The molecule has 3 amide bonds. The number of primary amides is 1. The van der Waals surface area contributed by atoms with E-state index in [-0.39, 0.29) is 6.54 Å². The van der Waals surface area contributed by atoms with Crippen LogP contribution in [0.1, 0.15) is 20.3 Å². The molecule has 0 unspecified atom stereocenters. The van der Waals surface area contributed by atoms with E-state index in [2.05, 4.69) is 0 Å². The van der Waals surface area contributed by atoms with Crippen LogP contribution in [0.3, 0.4) is 0 Å². The van der Waals surface area contributed by atoms with E-state index in [0.29, 0.717) is 23.9 Å². The molecule has 0 saturated carbocycles. The molecule has 0 bridgehead atoms. The second-order valence-electron chi connectivity index (χ2n) is 4.26. The lowest BCUT2D eigenvalue weighted by Gasteiger charge is -2.23. The molecule has 0 aromatic rings. The van der Waals surface area contributed by atoms with Crippen molar-refractivity contribution < 1.29 is 9.59 Å². The highest BCUT2D eigenvalue weighted by Gasteiger charge is 2.13. The summed E-state index contributed by atoms with van der Waals surface area (Å²) >= 11 is 4.79. The summed E-state index contributed by atoms with van der Waals surface area (Å²) in [6, 6.07) is -0.839. The maximum Gasteiger partial charge on any atom is 0.318 e.